The number of nitrogens with one attached hydrogen (secondary N) is 1. The van der Waals surface area contributed by atoms with Crippen molar-refractivity contribution < 1.29 is 4.79 Å². The van der Waals surface area contributed by atoms with Crippen molar-refractivity contribution in [3.63, 3.8) is 0 Å². The number of benzene rings is 2. The van der Waals surface area contributed by atoms with Gasteiger partial charge in [0.25, 0.3) is 5.91 Å². The summed E-state index contributed by atoms with van der Waals surface area (Å²) in [4.78, 5) is 22.0. The third kappa shape index (κ3) is 3.36. The molecular formula is C21H22N4OS. The maximum Gasteiger partial charge on any atom is 0.253 e. The molecular weight excluding hydrogens is 356 g/mol. The van der Waals surface area contributed by atoms with Crippen molar-refractivity contribution in [2.45, 2.75) is 19.6 Å². The van der Waals surface area contributed by atoms with E-state index in [2.05, 4.69) is 40.5 Å². The molecule has 2 aromatic carbocycles. The van der Waals surface area contributed by atoms with Crippen molar-refractivity contribution in [2.75, 3.05) is 26.2 Å². The van der Waals surface area contributed by atoms with Gasteiger partial charge in [-0.2, -0.15) is 0 Å². The van der Waals surface area contributed by atoms with Crippen molar-refractivity contribution in [3.8, 4) is 0 Å². The first kappa shape index (κ1) is 16.9. The van der Waals surface area contributed by atoms with E-state index in [-0.39, 0.29) is 5.91 Å². The zero-order chi connectivity index (χ0) is 18.2. The van der Waals surface area contributed by atoms with Crippen LogP contribution in [0.2, 0.25) is 0 Å². The van der Waals surface area contributed by atoms with Gasteiger partial charge in [0, 0.05) is 44.8 Å². The van der Waals surface area contributed by atoms with E-state index in [1.165, 1.54) is 15.8 Å². The van der Waals surface area contributed by atoms with Crippen LogP contribution in [0.3, 0.4) is 0 Å². The summed E-state index contributed by atoms with van der Waals surface area (Å²) in [5.74, 6) is 0.157. The van der Waals surface area contributed by atoms with Gasteiger partial charge < -0.3 is 10.2 Å². The van der Waals surface area contributed by atoms with E-state index in [9.17, 15) is 4.79 Å². The van der Waals surface area contributed by atoms with Crippen molar-refractivity contribution in [3.05, 3.63) is 64.2 Å². The van der Waals surface area contributed by atoms with Gasteiger partial charge in [0.1, 0.15) is 5.01 Å². The summed E-state index contributed by atoms with van der Waals surface area (Å²) in [5, 5.41) is 4.49. The van der Waals surface area contributed by atoms with E-state index >= 15 is 0 Å². The molecule has 5 rings (SSSR count). The quantitative estimate of drug-likeness (QED) is 0.761. The third-order valence-corrected chi connectivity index (χ3v) is 6.46. The standard InChI is InChI=1S/C21H22N4OS/c26-21(15-5-6-16-12-22-13-17(16)11-15)25-9-7-24(8-10-25)14-20-23-18-3-1-2-4-19(18)27-20/h1-6,11,22H,7-10,12-14H2. The number of fused-ring (bicyclic) bond motifs is 2. The molecule has 0 atom stereocenters. The first-order chi connectivity index (χ1) is 13.3. The number of rotatable bonds is 3. The highest BCUT2D eigenvalue weighted by Crippen LogP contribution is 2.23. The van der Waals surface area contributed by atoms with Gasteiger partial charge in [-0.1, -0.05) is 18.2 Å². The fourth-order valence-corrected chi connectivity index (χ4v) is 4.91. The minimum atomic E-state index is 0.157. The number of hydrogen-bond acceptors (Lipinski definition) is 5. The number of hydrogen-bond donors (Lipinski definition) is 1. The number of nitrogens with zero attached hydrogens (tertiary/aromatic N) is 3. The van der Waals surface area contributed by atoms with Gasteiger partial charge in [-0.15, -0.1) is 11.3 Å². The average molecular weight is 379 g/mol. The van der Waals surface area contributed by atoms with Crippen LogP contribution in [0, 0.1) is 0 Å². The van der Waals surface area contributed by atoms with Crippen LogP contribution in [0.15, 0.2) is 42.5 Å². The Balaban J connectivity index is 1.21. The first-order valence-electron chi connectivity index (χ1n) is 9.45. The van der Waals surface area contributed by atoms with E-state index in [0.29, 0.717) is 0 Å². The minimum absolute atomic E-state index is 0.157. The molecule has 0 bridgehead atoms. The Morgan fingerprint density at radius 3 is 2.70 bits per heavy atom. The Morgan fingerprint density at radius 2 is 1.85 bits per heavy atom. The maximum absolute atomic E-state index is 12.9. The van der Waals surface area contributed by atoms with E-state index in [1.54, 1.807) is 11.3 Å². The summed E-state index contributed by atoms with van der Waals surface area (Å²) in [5.41, 5.74) is 4.47. The summed E-state index contributed by atoms with van der Waals surface area (Å²) in [6.07, 6.45) is 0. The summed E-state index contributed by atoms with van der Waals surface area (Å²) >= 11 is 1.77. The van der Waals surface area contributed by atoms with Crippen molar-refractivity contribution in [1.29, 1.82) is 0 Å². The van der Waals surface area contributed by atoms with Crippen LogP contribution in [0.1, 0.15) is 26.5 Å². The van der Waals surface area contributed by atoms with E-state index in [4.69, 9.17) is 4.98 Å². The Kier molecular flexibility index (Phi) is 4.39. The van der Waals surface area contributed by atoms with Crippen LogP contribution in [0.5, 0.6) is 0 Å². The van der Waals surface area contributed by atoms with Crippen LogP contribution in [-0.2, 0) is 19.6 Å². The zero-order valence-corrected chi connectivity index (χ0v) is 16.0. The zero-order valence-electron chi connectivity index (χ0n) is 15.1. The number of amides is 1. The highest BCUT2D eigenvalue weighted by Gasteiger charge is 2.24. The highest BCUT2D eigenvalue weighted by atomic mass is 32.1. The molecule has 1 amide bonds. The summed E-state index contributed by atoms with van der Waals surface area (Å²) in [6, 6.07) is 14.4. The van der Waals surface area contributed by atoms with E-state index in [1.807, 2.05) is 17.0 Å². The summed E-state index contributed by atoms with van der Waals surface area (Å²) < 4.78 is 1.24. The van der Waals surface area contributed by atoms with E-state index < -0.39 is 0 Å². The lowest BCUT2D eigenvalue weighted by Gasteiger charge is -2.34. The monoisotopic (exact) mass is 378 g/mol. The molecule has 27 heavy (non-hydrogen) atoms. The Morgan fingerprint density at radius 1 is 1.04 bits per heavy atom. The minimum Gasteiger partial charge on any atom is -0.336 e. The van der Waals surface area contributed by atoms with Gasteiger partial charge >= 0.3 is 0 Å². The normalized spacial score (nSPS) is 17.4. The van der Waals surface area contributed by atoms with Crippen LogP contribution >= 0.6 is 11.3 Å². The largest absolute Gasteiger partial charge is 0.336 e. The number of carbonyl (C=O) groups is 1. The molecule has 3 aromatic rings. The Bertz CT molecular complexity index is 958. The van der Waals surface area contributed by atoms with Crippen LogP contribution in [0.25, 0.3) is 10.2 Å². The van der Waals surface area contributed by atoms with Crippen molar-refractivity contribution in [2.24, 2.45) is 0 Å². The molecule has 2 aliphatic rings. The Hall–Kier alpha value is -2.28. The molecule has 5 nitrogen and oxygen atoms in total. The van der Waals surface area contributed by atoms with Crippen LogP contribution in [0.4, 0.5) is 0 Å². The molecule has 1 saturated heterocycles. The molecule has 0 radical (unpaired) electrons. The lowest BCUT2D eigenvalue weighted by Crippen LogP contribution is -2.48. The second kappa shape index (κ2) is 7.03. The van der Waals surface area contributed by atoms with Crippen molar-refractivity contribution >= 4 is 27.5 Å². The topological polar surface area (TPSA) is 48.5 Å². The molecule has 1 fully saturated rings. The van der Waals surface area contributed by atoms with Crippen LogP contribution in [-0.4, -0.2) is 46.9 Å². The highest BCUT2D eigenvalue weighted by molar-refractivity contribution is 7.18. The molecule has 1 N–H and O–H groups in total. The predicted octanol–water partition coefficient (Wildman–Crippen LogP) is 2.86. The number of para-hydroxylation sites is 1. The molecule has 0 spiro atoms. The second-order valence-electron chi connectivity index (χ2n) is 7.23. The van der Waals surface area contributed by atoms with Crippen LogP contribution < -0.4 is 5.32 Å². The number of thiazole rings is 1. The smallest absolute Gasteiger partial charge is 0.253 e. The van der Waals surface area contributed by atoms with Gasteiger partial charge in [0.05, 0.1) is 16.8 Å². The molecule has 6 heteroatoms. The number of piperazine rings is 1. The van der Waals surface area contributed by atoms with E-state index in [0.717, 1.165) is 61.9 Å². The van der Waals surface area contributed by atoms with Gasteiger partial charge in [0.15, 0.2) is 0 Å². The van der Waals surface area contributed by atoms with Crippen molar-refractivity contribution in [1.82, 2.24) is 20.1 Å². The molecule has 0 saturated carbocycles. The maximum atomic E-state index is 12.9. The second-order valence-corrected chi connectivity index (χ2v) is 8.35. The summed E-state index contributed by atoms with van der Waals surface area (Å²) in [7, 11) is 0. The summed E-state index contributed by atoms with van der Waals surface area (Å²) in [6.45, 7) is 5.99. The van der Waals surface area contributed by atoms with Gasteiger partial charge in [-0.3, -0.25) is 9.69 Å². The third-order valence-electron chi connectivity index (χ3n) is 5.44. The van der Waals surface area contributed by atoms with Gasteiger partial charge in [-0.25, -0.2) is 4.98 Å². The lowest BCUT2D eigenvalue weighted by atomic mass is 10.1. The Labute approximate surface area is 162 Å². The molecule has 0 unspecified atom stereocenters. The average Bonchev–Trinajstić information content (AvgIpc) is 3.33. The molecule has 138 valence electrons. The SMILES string of the molecule is O=C(c1ccc2c(c1)CNC2)N1CCN(Cc2nc3ccccc3s2)CC1. The number of aromatic nitrogens is 1. The molecule has 0 aliphatic carbocycles. The first-order valence-corrected chi connectivity index (χ1v) is 10.3. The number of carbonyl (C=O) groups excluding carboxylic acids is 1. The molecule has 2 aliphatic heterocycles. The van der Waals surface area contributed by atoms with Gasteiger partial charge in [-0.05, 0) is 35.4 Å². The predicted molar refractivity (Wildman–Crippen MR) is 108 cm³/mol. The molecule has 1 aromatic heterocycles. The lowest BCUT2D eigenvalue weighted by molar-refractivity contribution is 0.0628. The van der Waals surface area contributed by atoms with Gasteiger partial charge in [0.2, 0.25) is 0 Å². The molecule has 3 heterocycles. The fraction of sp³-hybridized carbons (Fsp3) is 0.333. The fourth-order valence-electron chi connectivity index (χ4n) is 3.90.